The summed E-state index contributed by atoms with van der Waals surface area (Å²) in [7, 11) is 0. The molecule has 9 nitrogen and oxygen atoms in total. The van der Waals surface area contributed by atoms with Crippen molar-refractivity contribution >= 4 is 23.9 Å². The van der Waals surface area contributed by atoms with Gasteiger partial charge >= 0.3 is 23.9 Å². The molecule has 0 aromatic heterocycles. The number of carbonyl (C=O) groups excluding carboxylic acids is 4. The maximum absolute atomic E-state index is 12.4. The Kier molecular flexibility index (Phi) is 5.65. The summed E-state index contributed by atoms with van der Waals surface area (Å²) in [5.41, 5.74) is -0.710. The molecule has 3 saturated heterocycles. The van der Waals surface area contributed by atoms with Crippen molar-refractivity contribution in [2.45, 2.75) is 65.0 Å². The highest BCUT2D eigenvalue weighted by Gasteiger charge is 2.72. The minimum absolute atomic E-state index is 0.228. The molecule has 2 bridgehead atoms. The van der Waals surface area contributed by atoms with E-state index in [1.165, 1.54) is 0 Å². The zero-order valence-corrected chi connectivity index (χ0v) is 16.5. The monoisotopic (exact) mass is 398 g/mol. The smallest absolute Gasteiger partial charge is 0.344 e. The molecule has 3 aliphatic rings. The molecule has 0 saturated carbocycles. The summed E-state index contributed by atoms with van der Waals surface area (Å²) in [6.07, 6.45) is -1.95. The first kappa shape index (κ1) is 20.6. The Hall–Kier alpha value is -2.16. The largest absolute Gasteiger partial charge is 0.465 e. The molecule has 0 N–H and O–H groups in total. The van der Waals surface area contributed by atoms with Gasteiger partial charge in [-0.15, -0.1) is 0 Å². The number of hydrogen-bond acceptors (Lipinski definition) is 9. The van der Waals surface area contributed by atoms with E-state index in [2.05, 4.69) is 0 Å². The molecular weight excluding hydrogens is 372 g/mol. The van der Waals surface area contributed by atoms with Gasteiger partial charge in [-0.25, -0.2) is 4.79 Å². The number of ether oxygens (including phenoxy) is 5. The Bertz CT molecular complexity index is 670. The Balaban J connectivity index is 1.63. The van der Waals surface area contributed by atoms with Gasteiger partial charge in [0.2, 0.25) is 0 Å². The average molecular weight is 398 g/mol. The fourth-order valence-electron chi connectivity index (χ4n) is 3.69. The van der Waals surface area contributed by atoms with E-state index in [4.69, 9.17) is 23.7 Å². The van der Waals surface area contributed by atoms with E-state index in [-0.39, 0.29) is 6.61 Å². The maximum Gasteiger partial charge on any atom is 0.344 e. The zero-order valence-electron chi connectivity index (χ0n) is 16.5. The van der Waals surface area contributed by atoms with Crippen LogP contribution in [0.25, 0.3) is 0 Å². The molecule has 28 heavy (non-hydrogen) atoms. The van der Waals surface area contributed by atoms with Gasteiger partial charge in [-0.3, -0.25) is 14.4 Å². The van der Waals surface area contributed by atoms with E-state index in [0.29, 0.717) is 12.8 Å². The lowest BCUT2D eigenvalue weighted by molar-refractivity contribution is -0.173. The highest BCUT2D eigenvalue weighted by Crippen LogP contribution is 2.51. The Morgan fingerprint density at radius 2 is 1.79 bits per heavy atom. The van der Waals surface area contributed by atoms with Gasteiger partial charge in [-0.05, 0) is 26.7 Å². The number of carbonyl (C=O) groups is 4. The summed E-state index contributed by atoms with van der Waals surface area (Å²) in [6.45, 7) is 6.80. The summed E-state index contributed by atoms with van der Waals surface area (Å²) in [4.78, 5) is 48.7. The van der Waals surface area contributed by atoms with Crippen molar-refractivity contribution in [3.8, 4) is 0 Å². The maximum atomic E-state index is 12.4. The molecule has 9 heteroatoms. The number of rotatable bonds is 8. The molecule has 3 heterocycles. The van der Waals surface area contributed by atoms with Crippen molar-refractivity contribution in [2.75, 3.05) is 13.2 Å². The molecule has 156 valence electrons. The first-order valence-corrected chi connectivity index (χ1v) is 9.60. The molecule has 0 aromatic rings. The third kappa shape index (κ3) is 3.47. The molecular formula is C19H26O9. The fourth-order valence-corrected chi connectivity index (χ4v) is 3.69. The second-order valence-electron chi connectivity index (χ2n) is 7.95. The lowest BCUT2D eigenvalue weighted by Gasteiger charge is -2.27. The summed E-state index contributed by atoms with van der Waals surface area (Å²) >= 11 is 0. The minimum Gasteiger partial charge on any atom is -0.465 e. The van der Waals surface area contributed by atoms with E-state index in [0.717, 1.165) is 0 Å². The van der Waals surface area contributed by atoms with Crippen molar-refractivity contribution in [1.29, 1.82) is 0 Å². The molecule has 6 atom stereocenters. The van der Waals surface area contributed by atoms with Crippen molar-refractivity contribution in [3.05, 3.63) is 0 Å². The van der Waals surface area contributed by atoms with Gasteiger partial charge in [0.25, 0.3) is 0 Å². The molecule has 0 amide bonds. The van der Waals surface area contributed by atoms with Crippen LogP contribution in [-0.4, -0.2) is 61.5 Å². The highest BCUT2D eigenvalue weighted by atomic mass is 16.7. The van der Waals surface area contributed by atoms with Gasteiger partial charge in [0.05, 0.1) is 12.0 Å². The molecule has 0 radical (unpaired) electrons. The third-order valence-electron chi connectivity index (χ3n) is 5.65. The average Bonchev–Trinajstić information content (AvgIpc) is 3.27. The lowest BCUT2D eigenvalue weighted by atomic mass is 9.78. The van der Waals surface area contributed by atoms with Gasteiger partial charge < -0.3 is 23.7 Å². The number of esters is 4. The van der Waals surface area contributed by atoms with Crippen LogP contribution in [0.2, 0.25) is 0 Å². The van der Waals surface area contributed by atoms with Crippen LogP contribution in [-0.2, 0) is 42.9 Å². The Morgan fingerprint density at radius 3 is 2.43 bits per heavy atom. The molecule has 6 unspecified atom stereocenters. The van der Waals surface area contributed by atoms with Crippen LogP contribution in [0.5, 0.6) is 0 Å². The molecule has 3 aliphatic heterocycles. The second-order valence-corrected chi connectivity index (χ2v) is 7.95. The van der Waals surface area contributed by atoms with Crippen LogP contribution < -0.4 is 0 Å². The van der Waals surface area contributed by atoms with Gasteiger partial charge in [0, 0.05) is 0 Å². The van der Waals surface area contributed by atoms with Crippen LogP contribution in [0, 0.1) is 17.3 Å². The predicted molar refractivity (Wildman–Crippen MR) is 91.7 cm³/mol. The van der Waals surface area contributed by atoms with Crippen LogP contribution >= 0.6 is 0 Å². The molecule has 0 aromatic carbocycles. The predicted octanol–water partition coefficient (Wildman–Crippen LogP) is 0.770. The van der Waals surface area contributed by atoms with Gasteiger partial charge in [-0.2, -0.15) is 0 Å². The zero-order chi connectivity index (χ0) is 20.6. The first-order valence-electron chi connectivity index (χ1n) is 9.60. The van der Waals surface area contributed by atoms with Crippen molar-refractivity contribution in [1.82, 2.24) is 0 Å². The lowest BCUT2D eigenvalue weighted by Crippen LogP contribution is -2.48. The third-order valence-corrected chi connectivity index (χ3v) is 5.65. The van der Waals surface area contributed by atoms with Crippen LogP contribution in [0.15, 0.2) is 0 Å². The van der Waals surface area contributed by atoms with Gasteiger partial charge in [0.1, 0.15) is 24.0 Å². The summed E-state index contributed by atoms with van der Waals surface area (Å²) in [5.74, 6) is -4.02. The van der Waals surface area contributed by atoms with Crippen LogP contribution in [0.1, 0.15) is 40.5 Å². The van der Waals surface area contributed by atoms with Gasteiger partial charge in [-0.1, -0.05) is 13.8 Å². The quantitative estimate of drug-likeness (QED) is 0.432. The summed E-state index contributed by atoms with van der Waals surface area (Å²) < 4.78 is 26.6. The molecule has 3 fully saturated rings. The van der Waals surface area contributed by atoms with Crippen molar-refractivity contribution < 1.29 is 42.9 Å². The Morgan fingerprint density at radius 1 is 1.07 bits per heavy atom. The van der Waals surface area contributed by atoms with E-state index in [1.807, 2.05) is 13.8 Å². The van der Waals surface area contributed by atoms with E-state index in [9.17, 15) is 19.2 Å². The SMILES string of the molecule is CCCOC(=O)C1C2OC3C(OC(=O)C31)C2OC(=O)COC(=O)C(C)(C)CC. The number of hydrogen-bond donors (Lipinski definition) is 0. The van der Waals surface area contributed by atoms with E-state index < -0.39 is 72.2 Å². The van der Waals surface area contributed by atoms with E-state index >= 15 is 0 Å². The molecule has 0 spiro atoms. The van der Waals surface area contributed by atoms with E-state index in [1.54, 1.807) is 13.8 Å². The van der Waals surface area contributed by atoms with Crippen LogP contribution in [0.4, 0.5) is 0 Å². The summed E-state index contributed by atoms with van der Waals surface area (Å²) in [5, 5.41) is 0. The van der Waals surface area contributed by atoms with Crippen LogP contribution in [0.3, 0.4) is 0 Å². The first-order chi connectivity index (χ1) is 13.2. The normalized spacial score (nSPS) is 32.8. The molecule has 3 rings (SSSR count). The van der Waals surface area contributed by atoms with Crippen molar-refractivity contribution in [3.63, 3.8) is 0 Å². The topological polar surface area (TPSA) is 114 Å². The second kappa shape index (κ2) is 7.69. The summed E-state index contributed by atoms with van der Waals surface area (Å²) in [6, 6.07) is 0. The Labute approximate surface area is 163 Å². The van der Waals surface area contributed by atoms with Gasteiger partial charge in [0.15, 0.2) is 18.8 Å². The minimum atomic E-state index is -0.933. The molecule has 0 aliphatic carbocycles. The standard InChI is InChI=1S/C19H26O9/c1-5-7-24-16(21)10-11-13-15(28-17(11)22)14(12(10)27-13)26-9(20)8-25-18(23)19(3,4)6-2/h10-15H,5-8H2,1-4H3. The van der Waals surface area contributed by atoms with Crippen molar-refractivity contribution in [2.24, 2.45) is 17.3 Å². The fraction of sp³-hybridized carbons (Fsp3) is 0.789. The highest BCUT2D eigenvalue weighted by molar-refractivity contribution is 5.87. The number of fused-ring (bicyclic) bond motifs is 1.